The first-order valence-electron chi connectivity index (χ1n) is 16.4. The van der Waals surface area contributed by atoms with Crippen molar-refractivity contribution in [3.63, 3.8) is 0 Å². The number of carbonyl (C=O) groups is 3. The summed E-state index contributed by atoms with van der Waals surface area (Å²) in [5, 5.41) is 11.8. The first-order chi connectivity index (χ1) is 18.9. The molecule has 0 aliphatic carbocycles. The molecule has 0 spiro atoms. The van der Waals surface area contributed by atoms with Crippen LogP contribution < -0.4 is 11.1 Å². The van der Waals surface area contributed by atoms with Crippen molar-refractivity contribution >= 4 is 17.8 Å². The monoisotopic (exact) mass is 554 g/mol. The molecule has 0 bridgehead atoms. The van der Waals surface area contributed by atoms with Gasteiger partial charge in [0.15, 0.2) is 0 Å². The molecule has 7 heteroatoms. The molecule has 4 N–H and O–H groups in total. The van der Waals surface area contributed by atoms with Gasteiger partial charge in [0.05, 0.1) is 0 Å². The number of hydrogen-bond acceptors (Lipinski definition) is 5. The van der Waals surface area contributed by atoms with Crippen molar-refractivity contribution in [3.8, 4) is 0 Å². The van der Waals surface area contributed by atoms with Crippen LogP contribution in [-0.2, 0) is 19.1 Å². The van der Waals surface area contributed by atoms with E-state index in [9.17, 15) is 19.5 Å². The average Bonchev–Trinajstić information content (AvgIpc) is 2.91. The van der Waals surface area contributed by atoms with E-state index in [1.54, 1.807) is 0 Å². The molecule has 0 aromatic carbocycles. The summed E-state index contributed by atoms with van der Waals surface area (Å²) >= 11 is 0. The number of hydrogen-bond donors (Lipinski definition) is 3. The molecule has 0 aromatic heterocycles. The third-order valence-electron chi connectivity index (χ3n) is 7.42. The van der Waals surface area contributed by atoms with Gasteiger partial charge in [-0.1, -0.05) is 104 Å². The van der Waals surface area contributed by atoms with Crippen LogP contribution in [0.2, 0.25) is 0 Å². The van der Waals surface area contributed by atoms with Crippen molar-refractivity contribution < 1.29 is 24.2 Å². The van der Waals surface area contributed by atoms with Gasteiger partial charge >= 0.3 is 11.9 Å². The van der Waals surface area contributed by atoms with Gasteiger partial charge < -0.3 is 20.9 Å². The van der Waals surface area contributed by atoms with Crippen LogP contribution in [0.3, 0.4) is 0 Å². The topological polar surface area (TPSA) is 119 Å². The summed E-state index contributed by atoms with van der Waals surface area (Å²) in [6.07, 6.45) is 24.6. The second-order valence-electron chi connectivity index (χ2n) is 11.2. The highest BCUT2D eigenvalue weighted by Crippen LogP contribution is 2.17. The number of aliphatic carboxylic acids is 1. The largest absolute Gasteiger partial charge is 0.480 e. The van der Waals surface area contributed by atoms with Gasteiger partial charge in [-0.25, -0.2) is 4.79 Å². The maximum Gasteiger partial charge on any atom is 0.326 e. The van der Waals surface area contributed by atoms with Crippen molar-refractivity contribution in [1.82, 2.24) is 5.32 Å². The quantitative estimate of drug-likeness (QED) is 0.0640. The molecule has 0 saturated heterocycles. The molecular weight excluding hydrogens is 492 g/mol. The Morgan fingerprint density at radius 1 is 0.641 bits per heavy atom. The third kappa shape index (κ3) is 25.1. The molecule has 0 aliphatic rings. The van der Waals surface area contributed by atoms with E-state index in [4.69, 9.17) is 10.5 Å². The summed E-state index contributed by atoms with van der Waals surface area (Å²) in [5.74, 6) is -1.31. The Bertz CT molecular complexity index is 599. The molecule has 1 amide bonds. The summed E-state index contributed by atoms with van der Waals surface area (Å²) in [6.45, 7) is 4.84. The number of carboxylic acids is 1. The van der Waals surface area contributed by atoms with Crippen molar-refractivity contribution in [2.45, 2.75) is 180 Å². The molecule has 0 aliphatic heterocycles. The van der Waals surface area contributed by atoms with Gasteiger partial charge in [0, 0.05) is 12.8 Å². The molecule has 0 rings (SSSR count). The molecule has 0 heterocycles. The van der Waals surface area contributed by atoms with Gasteiger partial charge in [0.1, 0.15) is 12.1 Å². The summed E-state index contributed by atoms with van der Waals surface area (Å²) in [5.41, 5.74) is 5.45. The molecule has 230 valence electrons. The van der Waals surface area contributed by atoms with Crippen LogP contribution >= 0.6 is 0 Å². The van der Waals surface area contributed by atoms with Crippen molar-refractivity contribution in [2.75, 3.05) is 6.54 Å². The second kappa shape index (κ2) is 27.9. The van der Waals surface area contributed by atoms with Gasteiger partial charge in [-0.15, -0.1) is 0 Å². The lowest BCUT2D eigenvalue weighted by Gasteiger charge is -2.18. The molecule has 0 aromatic rings. The fraction of sp³-hybridized carbons (Fsp3) is 0.906. The summed E-state index contributed by atoms with van der Waals surface area (Å²) < 4.78 is 5.85. The Labute approximate surface area is 239 Å². The van der Waals surface area contributed by atoms with Crippen LogP contribution in [0.1, 0.15) is 168 Å². The number of nitrogens with one attached hydrogen (secondary N) is 1. The highest BCUT2D eigenvalue weighted by atomic mass is 16.5. The van der Waals surface area contributed by atoms with Gasteiger partial charge in [-0.05, 0) is 57.9 Å². The Morgan fingerprint density at radius 2 is 1.10 bits per heavy atom. The minimum Gasteiger partial charge on any atom is -0.480 e. The predicted molar refractivity (Wildman–Crippen MR) is 161 cm³/mol. The fourth-order valence-electron chi connectivity index (χ4n) is 4.92. The van der Waals surface area contributed by atoms with Gasteiger partial charge in [0.25, 0.3) is 0 Å². The van der Waals surface area contributed by atoms with Crippen LogP contribution in [-0.4, -0.2) is 41.6 Å². The number of unbranched alkanes of at least 4 members (excludes halogenated alkanes) is 15. The SMILES string of the molecule is CCCCCCCCCCCCCCC(=O)OC(CCCCC)CCCCCC(=O)NC(CCCN)C(=O)O. The number of ether oxygens (including phenoxy) is 1. The van der Waals surface area contributed by atoms with Crippen molar-refractivity contribution in [3.05, 3.63) is 0 Å². The van der Waals surface area contributed by atoms with E-state index in [0.717, 1.165) is 57.8 Å². The average molecular weight is 555 g/mol. The highest BCUT2D eigenvalue weighted by Gasteiger charge is 2.19. The summed E-state index contributed by atoms with van der Waals surface area (Å²) in [7, 11) is 0. The normalized spacial score (nSPS) is 12.7. The first kappa shape index (κ1) is 37.4. The maximum absolute atomic E-state index is 12.4. The van der Waals surface area contributed by atoms with E-state index in [-0.39, 0.29) is 18.0 Å². The summed E-state index contributed by atoms with van der Waals surface area (Å²) in [6, 6.07) is -0.867. The number of rotatable bonds is 29. The number of carbonyl (C=O) groups excluding carboxylic acids is 2. The van der Waals surface area contributed by atoms with Crippen LogP contribution in [0.25, 0.3) is 0 Å². The zero-order valence-electron chi connectivity index (χ0n) is 25.5. The molecule has 0 fully saturated rings. The molecule has 2 unspecified atom stereocenters. The van der Waals surface area contributed by atoms with Crippen molar-refractivity contribution in [1.29, 1.82) is 0 Å². The Hall–Kier alpha value is -1.63. The molecular formula is C32H62N2O5. The van der Waals surface area contributed by atoms with E-state index >= 15 is 0 Å². The number of carboxylic acid groups (broad SMARTS) is 1. The van der Waals surface area contributed by atoms with E-state index < -0.39 is 12.0 Å². The fourth-order valence-corrected chi connectivity index (χ4v) is 4.92. The minimum absolute atomic E-state index is 0.0390. The number of nitrogens with two attached hydrogens (primary N) is 1. The van der Waals surface area contributed by atoms with Crippen LogP contribution in [0.5, 0.6) is 0 Å². The van der Waals surface area contributed by atoms with Gasteiger partial charge in [-0.3, -0.25) is 9.59 Å². The Morgan fingerprint density at radius 3 is 1.64 bits per heavy atom. The zero-order valence-corrected chi connectivity index (χ0v) is 25.5. The smallest absolute Gasteiger partial charge is 0.326 e. The lowest BCUT2D eigenvalue weighted by molar-refractivity contribution is -0.150. The molecule has 0 radical (unpaired) electrons. The lowest BCUT2D eigenvalue weighted by atomic mass is 10.0. The molecule has 39 heavy (non-hydrogen) atoms. The molecule has 2 atom stereocenters. The van der Waals surface area contributed by atoms with E-state index in [1.165, 1.54) is 64.2 Å². The Kier molecular flexibility index (Phi) is 26.8. The highest BCUT2D eigenvalue weighted by molar-refractivity contribution is 5.83. The van der Waals surface area contributed by atoms with E-state index in [1.807, 2.05) is 0 Å². The van der Waals surface area contributed by atoms with Crippen LogP contribution in [0.4, 0.5) is 0 Å². The lowest BCUT2D eigenvalue weighted by Crippen LogP contribution is -2.40. The number of esters is 1. The van der Waals surface area contributed by atoms with Crippen LogP contribution in [0, 0.1) is 0 Å². The second-order valence-corrected chi connectivity index (χ2v) is 11.2. The standard InChI is InChI=1S/C32H62N2O5/c1-3-5-7-8-9-10-11-12-13-14-15-20-26-31(36)39-28(22-17-6-4-2)23-18-16-19-25-30(35)34-29(32(37)38)24-21-27-33/h28-29H,3-27,33H2,1-2H3,(H,34,35)(H,37,38). The molecule has 0 saturated carbocycles. The minimum atomic E-state index is -1.02. The number of amides is 1. The van der Waals surface area contributed by atoms with E-state index in [0.29, 0.717) is 38.6 Å². The van der Waals surface area contributed by atoms with Crippen molar-refractivity contribution in [2.24, 2.45) is 5.73 Å². The van der Waals surface area contributed by atoms with Gasteiger partial charge in [-0.2, -0.15) is 0 Å². The summed E-state index contributed by atoms with van der Waals surface area (Å²) in [4.78, 5) is 35.8. The van der Waals surface area contributed by atoms with Gasteiger partial charge in [0.2, 0.25) is 5.91 Å². The Balaban J connectivity index is 4.04. The molecule has 7 nitrogen and oxygen atoms in total. The first-order valence-corrected chi connectivity index (χ1v) is 16.4. The van der Waals surface area contributed by atoms with E-state index in [2.05, 4.69) is 19.2 Å². The third-order valence-corrected chi connectivity index (χ3v) is 7.42. The van der Waals surface area contributed by atoms with Crippen LogP contribution in [0.15, 0.2) is 0 Å². The predicted octanol–water partition coefficient (Wildman–Crippen LogP) is 7.83. The zero-order chi connectivity index (χ0) is 29.0. The maximum atomic E-state index is 12.4.